The van der Waals surface area contributed by atoms with Crippen molar-refractivity contribution in [2.24, 2.45) is 0 Å². The SMILES string of the molecule is CCCCCCCCCCCCCCCCCCCOC(=O)c1ccccc1C(=O)OCC(C)S(=O)(=O)O. The molecule has 1 aromatic carbocycles. The number of benzene rings is 1. The lowest BCUT2D eigenvalue weighted by Gasteiger charge is -2.12. The maximum Gasteiger partial charge on any atom is 0.339 e. The van der Waals surface area contributed by atoms with Gasteiger partial charge in [0.1, 0.15) is 11.9 Å². The minimum atomic E-state index is -4.31. The average Bonchev–Trinajstić information content (AvgIpc) is 2.90. The van der Waals surface area contributed by atoms with Crippen molar-refractivity contribution in [2.75, 3.05) is 13.2 Å². The normalized spacial score (nSPS) is 12.3. The lowest BCUT2D eigenvalue weighted by atomic mass is 10.0. The molecule has 0 saturated heterocycles. The van der Waals surface area contributed by atoms with Gasteiger partial charge in [-0.3, -0.25) is 4.55 Å². The van der Waals surface area contributed by atoms with Crippen molar-refractivity contribution in [1.29, 1.82) is 0 Å². The van der Waals surface area contributed by atoms with E-state index in [4.69, 9.17) is 14.0 Å². The zero-order chi connectivity index (χ0) is 28.1. The van der Waals surface area contributed by atoms with Crippen LogP contribution in [0.3, 0.4) is 0 Å². The van der Waals surface area contributed by atoms with Crippen LogP contribution >= 0.6 is 0 Å². The molecule has 8 heteroatoms. The minimum absolute atomic E-state index is 0.00227. The summed E-state index contributed by atoms with van der Waals surface area (Å²) in [6, 6.07) is 6.09. The quantitative estimate of drug-likeness (QED) is 0.0831. The predicted octanol–water partition coefficient (Wildman–Crippen LogP) is 7.93. The molecule has 0 radical (unpaired) electrons. The van der Waals surface area contributed by atoms with Gasteiger partial charge < -0.3 is 9.47 Å². The number of carbonyl (C=O) groups is 2. The fourth-order valence-corrected chi connectivity index (χ4v) is 4.51. The molecule has 1 N–H and O–H groups in total. The Morgan fingerprint density at radius 1 is 0.684 bits per heavy atom. The van der Waals surface area contributed by atoms with Gasteiger partial charge in [0.05, 0.1) is 17.7 Å². The minimum Gasteiger partial charge on any atom is -0.462 e. The van der Waals surface area contributed by atoms with E-state index < -0.39 is 33.9 Å². The van der Waals surface area contributed by atoms with Crippen LogP contribution in [0.15, 0.2) is 24.3 Å². The highest BCUT2D eigenvalue weighted by atomic mass is 32.2. The van der Waals surface area contributed by atoms with Gasteiger partial charge in [0.2, 0.25) is 0 Å². The summed E-state index contributed by atoms with van der Waals surface area (Å²) in [7, 11) is -4.31. The first-order valence-electron chi connectivity index (χ1n) is 14.7. The van der Waals surface area contributed by atoms with E-state index in [1.807, 2.05) is 0 Å². The number of ether oxygens (including phenoxy) is 2. The van der Waals surface area contributed by atoms with Crippen molar-refractivity contribution < 1.29 is 32.0 Å². The van der Waals surface area contributed by atoms with Crippen LogP contribution in [0.25, 0.3) is 0 Å². The lowest BCUT2D eigenvalue weighted by molar-refractivity contribution is 0.0454. The second-order valence-corrected chi connectivity index (χ2v) is 12.1. The maximum absolute atomic E-state index is 12.5. The predicted molar refractivity (Wildman–Crippen MR) is 152 cm³/mol. The molecule has 1 rings (SSSR count). The first kappa shape index (κ1) is 34.1. The van der Waals surface area contributed by atoms with Gasteiger partial charge in [-0.2, -0.15) is 8.42 Å². The average molecular weight is 555 g/mol. The number of esters is 2. The maximum atomic E-state index is 12.5. The third-order valence-electron chi connectivity index (χ3n) is 6.81. The second kappa shape index (κ2) is 21.0. The highest BCUT2D eigenvalue weighted by Gasteiger charge is 2.23. The highest BCUT2D eigenvalue weighted by Crippen LogP contribution is 2.15. The Morgan fingerprint density at radius 2 is 1.05 bits per heavy atom. The summed E-state index contributed by atoms with van der Waals surface area (Å²) >= 11 is 0. The van der Waals surface area contributed by atoms with Crippen molar-refractivity contribution >= 4 is 22.1 Å². The van der Waals surface area contributed by atoms with E-state index >= 15 is 0 Å². The number of unbranched alkanes of at least 4 members (excludes halogenated alkanes) is 16. The topological polar surface area (TPSA) is 107 Å². The molecule has 0 bridgehead atoms. The number of rotatable bonds is 23. The molecule has 0 heterocycles. The molecule has 0 amide bonds. The fourth-order valence-electron chi connectivity index (χ4n) is 4.27. The van der Waals surface area contributed by atoms with Crippen LogP contribution in [-0.4, -0.2) is 43.4 Å². The summed E-state index contributed by atoms with van der Waals surface area (Å²) < 4.78 is 41.5. The van der Waals surface area contributed by atoms with Crippen LogP contribution in [0.2, 0.25) is 0 Å². The summed E-state index contributed by atoms with van der Waals surface area (Å²) in [6.45, 7) is 3.25. The van der Waals surface area contributed by atoms with Crippen LogP contribution in [0.4, 0.5) is 0 Å². The van der Waals surface area contributed by atoms with Crippen LogP contribution in [-0.2, 0) is 19.6 Å². The summed E-state index contributed by atoms with van der Waals surface area (Å²) in [5, 5.41) is -1.26. The van der Waals surface area contributed by atoms with Gasteiger partial charge in [-0.1, -0.05) is 122 Å². The molecule has 0 aromatic heterocycles. The van der Waals surface area contributed by atoms with Crippen LogP contribution in [0.5, 0.6) is 0 Å². The van der Waals surface area contributed by atoms with Crippen LogP contribution < -0.4 is 0 Å². The summed E-state index contributed by atoms with van der Waals surface area (Å²) in [4.78, 5) is 24.8. The smallest absolute Gasteiger partial charge is 0.339 e. The van der Waals surface area contributed by atoms with Crippen LogP contribution in [0.1, 0.15) is 144 Å². The molecule has 218 valence electrons. The van der Waals surface area contributed by atoms with Crippen LogP contribution in [0, 0.1) is 0 Å². The molecule has 38 heavy (non-hydrogen) atoms. The van der Waals surface area contributed by atoms with E-state index in [2.05, 4.69) is 6.92 Å². The van der Waals surface area contributed by atoms with E-state index in [1.165, 1.54) is 109 Å². The Bertz CT molecular complexity index is 882. The molecular formula is C30H50O7S. The molecule has 7 nitrogen and oxygen atoms in total. The van der Waals surface area contributed by atoms with E-state index in [9.17, 15) is 18.0 Å². The van der Waals surface area contributed by atoms with Crippen molar-refractivity contribution in [3.05, 3.63) is 35.4 Å². The number of carbonyl (C=O) groups excluding carboxylic acids is 2. The molecule has 0 aliphatic carbocycles. The first-order chi connectivity index (χ1) is 18.3. The molecule has 1 unspecified atom stereocenters. The van der Waals surface area contributed by atoms with Gasteiger partial charge in [-0.15, -0.1) is 0 Å². The molecule has 0 aliphatic rings. The van der Waals surface area contributed by atoms with Gasteiger partial charge >= 0.3 is 11.9 Å². The van der Waals surface area contributed by atoms with E-state index in [-0.39, 0.29) is 17.7 Å². The Morgan fingerprint density at radius 3 is 1.45 bits per heavy atom. The highest BCUT2D eigenvalue weighted by molar-refractivity contribution is 7.86. The van der Waals surface area contributed by atoms with Crippen molar-refractivity contribution in [2.45, 2.75) is 128 Å². The van der Waals surface area contributed by atoms with E-state index in [0.717, 1.165) is 19.3 Å². The number of hydrogen-bond donors (Lipinski definition) is 1. The molecule has 0 aliphatic heterocycles. The van der Waals surface area contributed by atoms with Gasteiger partial charge in [0, 0.05) is 0 Å². The Balaban J connectivity index is 2.09. The summed E-state index contributed by atoms with van der Waals surface area (Å²) in [5.74, 6) is -1.46. The van der Waals surface area contributed by atoms with Gasteiger partial charge in [0.25, 0.3) is 10.1 Å². The molecule has 1 aromatic rings. The zero-order valence-electron chi connectivity index (χ0n) is 23.6. The molecular weight excluding hydrogens is 504 g/mol. The van der Waals surface area contributed by atoms with E-state index in [1.54, 1.807) is 12.1 Å². The standard InChI is InChI=1S/C30H50O7S/c1-3-4-5-6-7-8-9-10-11-12-13-14-15-16-17-18-21-24-36-29(31)27-22-19-20-23-28(27)30(32)37-25-26(2)38(33,34)35/h19-20,22-23,26H,3-18,21,24-25H2,1-2H3,(H,33,34,35). The third kappa shape index (κ3) is 16.1. The second-order valence-electron chi connectivity index (χ2n) is 10.3. The van der Waals surface area contributed by atoms with Crippen molar-refractivity contribution in [1.82, 2.24) is 0 Å². The Kier molecular flexibility index (Phi) is 18.8. The Hall–Kier alpha value is -1.93. The van der Waals surface area contributed by atoms with Crippen molar-refractivity contribution in [3.8, 4) is 0 Å². The molecule has 0 fully saturated rings. The van der Waals surface area contributed by atoms with Crippen molar-refractivity contribution in [3.63, 3.8) is 0 Å². The zero-order valence-corrected chi connectivity index (χ0v) is 24.4. The van der Waals surface area contributed by atoms with Gasteiger partial charge in [-0.25, -0.2) is 9.59 Å². The van der Waals surface area contributed by atoms with Gasteiger partial charge in [-0.05, 0) is 25.5 Å². The monoisotopic (exact) mass is 554 g/mol. The molecule has 0 spiro atoms. The number of hydrogen-bond acceptors (Lipinski definition) is 6. The first-order valence-corrected chi connectivity index (χ1v) is 16.2. The summed E-state index contributed by atoms with van der Waals surface area (Å²) in [5.41, 5.74) is 0.0754. The largest absolute Gasteiger partial charge is 0.462 e. The Labute approximate surface area is 230 Å². The van der Waals surface area contributed by atoms with Gasteiger partial charge in [0.15, 0.2) is 0 Å². The lowest BCUT2D eigenvalue weighted by Crippen LogP contribution is -2.25. The van der Waals surface area contributed by atoms with E-state index in [0.29, 0.717) is 0 Å². The third-order valence-corrected chi connectivity index (χ3v) is 7.96. The summed E-state index contributed by atoms with van der Waals surface area (Å²) in [6.07, 6.45) is 21.7. The fraction of sp³-hybridized carbons (Fsp3) is 0.733. The molecule has 0 saturated carbocycles. The molecule has 1 atom stereocenters.